The third-order valence-electron chi connectivity index (χ3n) is 2.98. The van der Waals surface area contributed by atoms with Crippen molar-refractivity contribution in [3.8, 4) is 0 Å². The van der Waals surface area contributed by atoms with E-state index in [1.165, 1.54) is 12.1 Å². The molecule has 2 rings (SSSR count). The fourth-order valence-corrected chi connectivity index (χ4v) is 2.02. The summed E-state index contributed by atoms with van der Waals surface area (Å²) in [5.74, 6) is -0.433. The maximum atomic E-state index is 13.0. The highest BCUT2D eigenvalue weighted by atomic mass is 32.1. The Morgan fingerprint density at radius 3 is 2.48 bits per heavy atom. The lowest BCUT2D eigenvalue weighted by Crippen LogP contribution is -2.24. The highest BCUT2D eigenvalue weighted by Gasteiger charge is 2.04. The Balaban J connectivity index is 1.88. The van der Waals surface area contributed by atoms with Gasteiger partial charge in [-0.1, -0.05) is 48.6 Å². The summed E-state index contributed by atoms with van der Waals surface area (Å²) in [5.41, 5.74) is 7.88. The molecule has 0 radical (unpaired) electrons. The zero-order chi connectivity index (χ0) is 15.2. The average Bonchev–Trinajstić information content (AvgIpc) is 2.46. The van der Waals surface area contributed by atoms with Crippen molar-refractivity contribution >= 4 is 23.1 Å². The van der Waals surface area contributed by atoms with Crippen LogP contribution in [0.2, 0.25) is 0 Å². The second-order valence-electron chi connectivity index (χ2n) is 4.64. The molecule has 0 atom stereocenters. The van der Waals surface area contributed by atoms with E-state index in [2.05, 4.69) is 5.32 Å². The van der Waals surface area contributed by atoms with Gasteiger partial charge in [-0.15, -0.1) is 0 Å². The van der Waals surface area contributed by atoms with Gasteiger partial charge in [0, 0.05) is 12.1 Å². The third-order valence-corrected chi connectivity index (χ3v) is 3.22. The number of hydrogen-bond donors (Lipinski definition) is 2. The molecule has 0 aliphatic carbocycles. The number of carbonyl (C=O) groups excluding carboxylic acids is 1. The fourth-order valence-electron chi connectivity index (χ4n) is 1.88. The first-order chi connectivity index (χ1) is 10.0. The van der Waals surface area contributed by atoms with Gasteiger partial charge in [0.25, 0.3) is 0 Å². The van der Waals surface area contributed by atoms with Crippen molar-refractivity contribution in [2.75, 3.05) is 0 Å². The third kappa shape index (κ3) is 4.65. The van der Waals surface area contributed by atoms with E-state index in [0.717, 1.165) is 16.7 Å². The molecule has 0 spiro atoms. The average molecular weight is 302 g/mol. The van der Waals surface area contributed by atoms with Gasteiger partial charge in [0.15, 0.2) is 0 Å². The van der Waals surface area contributed by atoms with Crippen molar-refractivity contribution in [3.63, 3.8) is 0 Å². The standard InChI is InChI=1S/C16H15FN2OS/c17-14-3-1-2-12(8-14)10-19-15(20)9-11-4-6-13(7-5-11)16(18)21/h1-8H,9-10H2,(H2,18,21)(H,19,20). The Kier molecular flexibility index (Phi) is 5.00. The second-order valence-corrected chi connectivity index (χ2v) is 5.08. The quantitative estimate of drug-likeness (QED) is 0.833. The lowest BCUT2D eigenvalue weighted by molar-refractivity contribution is -0.120. The molecule has 0 aliphatic heterocycles. The number of benzene rings is 2. The first-order valence-corrected chi connectivity index (χ1v) is 6.85. The molecule has 0 bridgehead atoms. The summed E-state index contributed by atoms with van der Waals surface area (Å²) in [6.07, 6.45) is 0.257. The largest absolute Gasteiger partial charge is 0.389 e. The fraction of sp³-hybridized carbons (Fsp3) is 0.125. The predicted octanol–water partition coefficient (Wildman–Crippen LogP) is 2.32. The van der Waals surface area contributed by atoms with E-state index >= 15 is 0 Å². The number of carbonyl (C=O) groups is 1. The Morgan fingerprint density at radius 2 is 1.86 bits per heavy atom. The van der Waals surface area contributed by atoms with Gasteiger partial charge >= 0.3 is 0 Å². The summed E-state index contributed by atoms with van der Waals surface area (Å²) < 4.78 is 13.0. The van der Waals surface area contributed by atoms with Gasteiger partial charge in [-0.3, -0.25) is 4.79 Å². The van der Waals surface area contributed by atoms with Crippen molar-refractivity contribution in [1.29, 1.82) is 0 Å². The van der Waals surface area contributed by atoms with Gasteiger partial charge in [0.1, 0.15) is 10.8 Å². The number of thiocarbonyl (C=S) groups is 1. The minimum Gasteiger partial charge on any atom is -0.389 e. The van der Waals surface area contributed by atoms with Crippen LogP contribution in [0.1, 0.15) is 16.7 Å². The maximum Gasteiger partial charge on any atom is 0.224 e. The molecule has 0 aromatic heterocycles. The molecule has 2 aromatic rings. The van der Waals surface area contributed by atoms with Crippen LogP contribution in [0.4, 0.5) is 4.39 Å². The van der Waals surface area contributed by atoms with Crippen molar-refractivity contribution in [2.24, 2.45) is 5.73 Å². The van der Waals surface area contributed by atoms with Crippen LogP contribution in [0, 0.1) is 5.82 Å². The van der Waals surface area contributed by atoms with Gasteiger partial charge in [0.2, 0.25) is 5.91 Å². The summed E-state index contributed by atoms with van der Waals surface area (Å²) in [7, 11) is 0. The molecule has 0 fully saturated rings. The first-order valence-electron chi connectivity index (χ1n) is 6.44. The predicted molar refractivity (Wildman–Crippen MR) is 84.3 cm³/mol. The minimum atomic E-state index is -0.310. The molecule has 0 aliphatic rings. The summed E-state index contributed by atoms with van der Waals surface area (Å²) in [5, 5.41) is 2.76. The normalized spacial score (nSPS) is 10.1. The first kappa shape index (κ1) is 15.1. The monoisotopic (exact) mass is 302 g/mol. The van der Waals surface area contributed by atoms with Crippen LogP contribution in [0.15, 0.2) is 48.5 Å². The second kappa shape index (κ2) is 6.95. The van der Waals surface area contributed by atoms with E-state index in [1.54, 1.807) is 24.3 Å². The molecule has 0 heterocycles. The van der Waals surface area contributed by atoms with E-state index in [4.69, 9.17) is 18.0 Å². The number of rotatable bonds is 5. The summed E-state index contributed by atoms with van der Waals surface area (Å²) in [6, 6.07) is 13.4. The Bertz CT molecular complexity index is 656. The van der Waals surface area contributed by atoms with Crippen LogP contribution >= 0.6 is 12.2 Å². The molecule has 1 amide bonds. The molecule has 0 saturated carbocycles. The highest BCUT2D eigenvalue weighted by molar-refractivity contribution is 7.80. The van der Waals surface area contributed by atoms with Gasteiger partial charge in [-0.25, -0.2) is 4.39 Å². The molecule has 21 heavy (non-hydrogen) atoms. The van der Waals surface area contributed by atoms with Crippen molar-refractivity contribution in [3.05, 3.63) is 71.0 Å². The zero-order valence-electron chi connectivity index (χ0n) is 11.3. The van der Waals surface area contributed by atoms with E-state index < -0.39 is 0 Å². The molecule has 2 aromatic carbocycles. The molecule has 5 heteroatoms. The lowest BCUT2D eigenvalue weighted by Gasteiger charge is -2.06. The Morgan fingerprint density at radius 1 is 1.14 bits per heavy atom. The molecule has 3 N–H and O–H groups in total. The number of nitrogens with one attached hydrogen (secondary N) is 1. The van der Waals surface area contributed by atoms with Crippen molar-refractivity contribution in [2.45, 2.75) is 13.0 Å². The van der Waals surface area contributed by atoms with Crippen LogP contribution in [-0.2, 0) is 17.8 Å². The molecular formula is C16H15FN2OS. The van der Waals surface area contributed by atoms with Gasteiger partial charge in [0.05, 0.1) is 6.42 Å². The number of halogens is 1. The topological polar surface area (TPSA) is 55.1 Å². The van der Waals surface area contributed by atoms with Crippen LogP contribution in [0.25, 0.3) is 0 Å². The van der Waals surface area contributed by atoms with Gasteiger partial charge < -0.3 is 11.1 Å². The number of amides is 1. The molecule has 0 unspecified atom stereocenters. The van der Waals surface area contributed by atoms with E-state index in [1.807, 2.05) is 12.1 Å². The summed E-state index contributed by atoms with van der Waals surface area (Å²) >= 11 is 4.87. The number of nitrogens with two attached hydrogens (primary N) is 1. The highest BCUT2D eigenvalue weighted by Crippen LogP contribution is 2.06. The molecule has 3 nitrogen and oxygen atoms in total. The van der Waals surface area contributed by atoms with E-state index in [0.29, 0.717) is 11.5 Å². The van der Waals surface area contributed by atoms with Crippen molar-refractivity contribution < 1.29 is 9.18 Å². The van der Waals surface area contributed by atoms with E-state index in [-0.39, 0.29) is 18.1 Å². The summed E-state index contributed by atoms with van der Waals surface area (Å²) in [4.78, 5) is 12.2. The van der Waals surface area contributed by atoms with Crippen molar-refractivity contribution in [1.82, 2.24) is 5.32 Å². The Hall–Kier alpha value is -2.27. The van der Waals surface area contributed by atoms with Gasteiger partial charge in [-0.05, 0) is 23.3 Å². The van der Waals surface area contributed by atoms with Gasteiger partial charge in [-0.2, -0.15) is 0 Å². The Labute approximate surface area is 128 Å². The zero-order valence-corrected chi connectivity index (χ0v) is 12.1. The molecule has 108 valence electrons. The SMILES string of the molecule is NC(=S)c1ccc(CC(=O)NCc2cccc(F)c2)cc1. The van der Waals surface area contributed by atoms with Crippen LogP contribution in [0.3, 0.4) is 0 Å². The smallest absolute Gasteiger partial charge is 0.224 e. The maximum absolute atomic E-state index is 13.0. The summed E-state index contributed by atoms with van der Waals surface area (Å²) in [6.45, 7) is 0.307. The minimum absolute atomic E-state index is 0.123. The van der Waals surface area contributed by atoms with E-state index in [9.17, 15) is 9.18 Å². The number of hydrogen-bond acceptors (Lipinski definition) is 2. The molecule has 0 saturated heterocycles. The molecular weight excluding hydrogens is 287 g/mol. The lowest BCUT2D eigenvalue weighted by atomic mass is 10.1. The van der Waals surface area contributed by atoms with Crippen LogP contribution < -0.4 is 11.1 Å². The van der Waals surface area contributed by atoms with Crippen LogP contribution in [0.5, 0.6) is 0 Å². The van der Waals surface area contributed by atoms with Crippen LogP contribution in [-0.4, -0.2) is 10.9 Å².